The first-order valence-electron chi connectivity index (χ1n) is 14.9. The molecule has 0 saturated carbocycles. The molecular formula is C34H19F6N7O5. The summed E-state index contributed by atoms with van der Waals surface area (Å²) >= 11 is 0. The first kappa shape index (κ1) is 33.6. The Bertz CT molecular complexity index is 2450. The Hall–Kier alpha value is -6.85. The van der Waals surface area contributed by atoms with Crippen molar-refractivity contribution in [3.05, 3.63) is 107 Å². The summed E-state index contributed by atoms with van der Waals surface area (Å²) in [6.45, 7) is 1.37. The fourth-order valence-electron chi connectivity index (χ4n) is 5.92. The largest absolute Gasteiger partial charge is 0.478 e. The third kappa shape index (κ3) is 5.78. The van der Waals surface area contributed by atoms with E-state index in [1.54, 1.807) is 36.4 Å². The third-order valence-corrected chi connectivity index (χ3v) is 8.27. The van der Waals surface area contributed by atoms with Crippen molar-refractivity contribution in [1.29, 1.82) is 0 Å². The van der Waals surface area contributed by atoms with Crippen LogP contribution in [0, 0.1) is 0 Å². The Morgan fingerprint density at radius 1 is 0.596 bits per heavy atom. The molecule has 4 aromatic carbocycles. The number of benzene rings is 4. The second kappa shape index (κ2) is 11.9. The first-order valence-corrected chi connectivity index (χ1v) is 14.9. The van der Waals surface area contributed by atoms with Crippen LogP contribution < -0.4 is 0 Å². The van der Waals surface area contributed by atoms with Crippen LogP contribution in [0.4, 0.5) is 26.3 Å². The van der Waals surface area contributed by atoms with Gasteiger partial charge in [-0.05, 0) is 60.7 Å². The molecule has 0 amide bonds. The van der Waals surface area contributed by atoms with Crippen LogP contribution in [0.1, 0.15) is 43.6 Å². The van der Waals surface area contributed by atoms with Crippen LogP contribution in [0.2, 0.25) is 0 Å². The maximum absolute atomic E-state index is 13.6. The Morgan fingerprint density at radius 3 is 1.35 bits per heavy atom. The van der Waals surface area contributed by atoms with E-state index in [4.69, 9.17) is 0 Å². The van der Waals surface area contributed by atoms with Crippen molar-refractivity contribution in [2.45, 2.75) is 19.3 Å². The zero-order valence-electron chi connectivity index (χ0n) is 26.1. The first-order chi connectivity index (χ1) is 24.5. The van der Waals surface area contributed by atoms with Crippen molar-refractivity contribution in [2.75, 3.05) is 0 Å². The number of halogens is 6. The summed E-state index contributed by atoms with van der Waals surface area (Å²) in [6.07, 6.45) is -7.17. The maximum atomic E-state index is 13.6. The van der Waals surface area contributed by atoms with Gasteiger partial charge in [0.2, 0.25) is 5.91 Å². The molecular weight excluding hydrogens is 700 g/mol. The quantitative estimate of drug-likeness (QED) is 0.167. The average molecular weight is 720 g/mol. The molecule has 0 bridgehead atoms. The van der Waals surface area contributed by atoms with E-state index in [-0.39, 0.29) is 28.7 Å². The van der Waals surface area contributed by atoms with Gasteiger partial charge in [-0.2, -0.15) is 26.3 Å². The summed E-state index contributed by atoms with van der Waals surface area (Å²) in [5.74, 6) is -3.79. The minimum absolute atomic E-state index is 0.0875. The van der Waals surface area contributed by atoms with Gasteiger partial charge in [-0.1, -0.05) is 22.6 Å². The van der Waals surface area contributed by atoms with Gasteiger partial charge in [0.15, 0.2) is 0 Å². The minimum Gasteiger partial charge on any atom is -0.478 e. The Kier molecular flexibility index (Phi) is 7.69. The summed E-state index contributed by atoms with van der Waals surface area (Å²) in [6, 6.07) is 15.3. The highest BCUT2D eigenvalue weighted by Crippen LogP contribution is 2.37. The number of carbonyl (C=O) groups is 3. The van der Waals surface area contributed by atoms with Crippen LogP contribution >= 0.6 is 0 Å². The highest BCUT2D eigenvalue weighted by atomic mass is 19.4. The van der Waals surface area contributed by atoms with Gasteiger partial charge in [-0.15, -0.1) is 10.2 Å². The highest BCUT2D eigenvalue weighted by molar-refractivity contribution is 6.14. The lowest BCUT2D eigenvalue weighted by atomic mass is 10.0. The van der Waals surface area contributed by atoms with Crippen molar-refractivity contribution >= 4 is 39.7 Å². The van der Waals surface area contributed by atoms with Crippen LogP contribution in [0.3, 0.4) is 0 Å². The molecule has 0 aliphatic carbocycles. The standard InChI is InChI=1S/C34H19F6N7O5/c1-16(48)47-29-8-2-17(27-14-45(43-41-27)19-4-6-21(31(49)50)25(12-19)33(35,36)37)10-23(29)24-11-18(3-9-30(24)47)28-15-46(44-42-28)20-5-7-22(32(51)52)26(13-20)34(38,39)40/h2-15H,1H3,(H,49,50)(H,51,52). The summed E-state index contributed by atoms with van der Waals surface area (Å²) in [5.41, 5.74) is -2.27. The lowest BCUT2D eigenvalue weighted by molar-refractivity contribution is -0.138. The monoisotopic (exact) mass is 719 g/mol. The van der Waals surface area contributed by atoms with E-state index in [1.165, 1.54) is 36.0 Å². The molecule has 12 nitrogen and oxygen atoms in total. The molecule has 0 saturated heterocycles. The van der Waals surface area contributed by atoms with Crippen LogP contribution in [-0.2, 0) is 12.4 Å². The van der Waals surface area contributed by atoms with E-state index in [9.17, 15) is 50.9 Å². The number of fused-ring (bicyclic) bond motifs is 3. The molecule has 0 radical (unpaired) electrons. The number of hydrogen-bond acceptors (Lipinski definition) is 7. The lowest BCUT2D eigenvalue weighted by Crippen LogP contribution is -2.14. The molecule has 3 heterocycles. The van der Waals surface area contributed by atoms with E-state index in [1.807, 2.05) is 0 Å². The fraction of sp³-hybridized carbons (Fsp3) is 0.0882. The molecule has 0 unspecified atom stereocenters. The zero-order valence-corrected chi connectivity index (χ0v) is 26.1. The average Bonchev–Trinajstić information content (AvgIpc) is 3.84. The molecule has 0 spiro atoms. The number of hydrogen-bond donors (Lipinski definition) is 2. The van der Waals surface area contributed by atoms with Gasteiger partial charge >= 0.3 is 24.3 Å². The summed E-state index contributed by atoms with van der Waals surface area (Å²) in [4.78, 5) is 35.5. The molecule has 0 aliphatic rings. The summed E-state index contributed by atoms with van der Waals surface area (Å²) < 4.78 is 85.3. The van der Waals surface area contributed by atoms with E-state index >= 15 is 0 Å². The molecule has 7 aromatic rings. The molecule has 52 heavy (non-hydrogen) atoms. The minimum atomic E-state index is -4.94. The van der Waals surface area contributed by atoms with Gasteiger partial charge in [0, 0.05) is 28.8 Å². The number of aromatic carboxylic acids is 2. The SMILES string of the molecule is CC(=O)n1c2ccc(-c3cn(-c4ccc(C(=O)O)c(C(F)(F)F)c4)nn3)cc2c2cc(-c3cn(-c4ccc(C(=O)O)c(C(F)(F)F)c4)nn3)ccc21. The normalized spacial score (nSPS) is 12.1. The van der Waals surface area contributed by atoms with Gasteiger partial charge in [0.25, 0.3) is 0 Å². The second-order valence-electron chi connectivity index (χ2n) is 11.5. The predicted octanol–water partition coefficient (Wildman–Crippen LogP) is 7.38. The lowest BCUT2D eigenvalue weighted by Gasteiger charge is -2.11. The number of carbonyl (C=O) groups excluding carboxylic acids is 1. The van der Waals surface area contributed by atoms with Crippen LogP contribution in [0.25, 0.3) is 55.7 Å². The van der Waals surface area contributed by atoms with Crippen molar-refractivity contribution in [3.63, 3.8) is 0 Å². The van der Waals surface area contributed by atoms with Gasteiger partial charge in [0.1, 0.15) is 11.4 Å². The molecule has 0 atom stereocenters. The molecule has 262 valence electrons. The molecule has 0 aliphatic heterocycles. The van der Waals surface area contributed by atoms with Gasteiger partial charge < -0.3 is 10.2 Å². The number of rotatable bonds is 6. The van der Waals surface area contributed by atoms with E-state index in [0.29, 0.717) is 45.1 Å². The summed E-state index contributed by atoms with van der Waals surface area (Å²) in [7, 11) is 0. The zero-order chi connectivity index (χ0) is 37.3. The van der Waals surface area contributed by atoms with Crippen LogP contribution in [0.15, 0.2) is 85.2 Å². The summed E-state index contributed by atoms with van der Waals surface area (Å²) in [5, 5.41) is 35.6. The van der Waals surface area contributed by atoms with Crippen molar-refractivity contribution in [2.24, 2.45) is 0 Å². The molecule has 7 rings (SSSR count). The van der Waals surface area contributed by atoms with Gasteiger partial charge in [-0.25, -0.2) is 19.0 Å². The smallest absolute Gasteiger partial charge is 0.417 e. The number of carboxylic acid groups (broad SMARTS) is 2. The van der Waals surface area contributed by atoms with Crippen molar-refractivity contribution in [1.82, 2.24) is 34.6 Å². The molecule has 2 N–H and O–H groups in total. The fourth-order valence-corrected chi connectivity index (χ4v) is 5.92. The van der Waals surface area contributed by atoms with Gasteiger partial charge in [0.05, 0.1) is 57.1 Å². The topological polar surface area (TPSA) is 158 Å². The highest BCUT2D eigenvalue weighted by Gasteiger charge is 2.37. The predicted molar refractivity (Wildman–Crippen MR) is 170 cm³/mol. The van der Waals surface area contributed by atoms with Gasteiger partial charge in [-0.3, -0.25) is 9.36 Å². The van der Waals surface area contributed by atoms with E-state index in [2.05, 4.69) is 20.6 Å². The maximum Gasteiger partial charge on any atom is 0.417 e. The Morgan fingerprint density at radius 2 is 1.00 bits per heavy atom. The Balaban J connectivity index is 1.29. The Labute approximate surface area is 285 Å². The molecule has 0 fully saturated rings. The molecule has 3 aromatic heterocycles. The van der Waals surface area contributed by atoms with Crippen LogP contribution in [0.5, 0.6) is 0 Å². The van der Waals surface area contributed by atoms with E-state index in [0.717, 1.165) is 21.5 Å². The molecule has 18 heteroatoms. The number of aromatic nitrogens is 7. The number of carboxylic acids is 2. The van der Waals surface area contributed by atoms with Crippen molar-refractivity contribution in [3.8, 4) is 33.9 Å². The van der Waals surface area contributed by atoms with E-state index < -0.39 is 46.5 Å². The van der Waals surface area contributed by atoms with Crippen LogP contribution in [-0.4, -0.2) is 62.6 Å². The second-order valence-corrected chi connectivity index (χ2v) is 11.5. The number of alkyl halides is 6. The third-order valence-electron chi connectivity index (χ3n) is 8.27. The van der Waals surface area contributed by atoms with Crippen molar-refractivity contribution < 1.29 is 50.9 Å². The number of nitrogens with zero attached hydrogens (tertiary/aromatic N) is 7.